The van der Waals surface area contributed by atoms with E-state index >= 15 is 0 Å². The maximum atomic E-state index is 14.5. The molecule has 2 fully saturated rings. The number of nitrogens with one attached hydrogen (secondary N) is 3. The Balaban J connectivity index is 0.953. The predicted octanol–water partition coefficient (Wildman–Crippen LogP) is 11.7. The van der Waals surface area contributed by atoms with Crippen molar-refractivity contribution in [3.63, 3.8) is 0 Å². The molecular weight excluding hydrogens is 960 g/mol. The minimum Gasteiger partial charge on any atom is -0.444 e. The van der Waals surface area contributed by atoms with Crippen molar-refractivity contribution in [1.82, 2.24) is 30.2 Å². The van der Waals surface area contributed by atoms with Crippen LogP contribution >= 0.6 is 22.7 Å². The van der Waals surface area contributed by atoms with Crippen LogP contribution in [0, 0.1) is 20.8 Å². The van der Waals surface area contributed by atoms with Gasteiger partial charge in [0.25, 0.3) is 11.8 Å². The Morgan fingerprint density at radius 1 is 0.750 bits per heavy atom. The monoisotopic (exact) mass is 1010 g/mol. The van der Waals surface area contributed by atoms with Gasteiger partial charge in [-0.2, -0.15) is 13.2 Å². The van der Waals surface area contributed by atoms with Crippen molar-refractivity contribution in [2.45, 2.75) is 83.7 Å². The summed E-state index contributed by atoms with van der Waals surface area (Å²) in [5.74, 6) is -0.150. The number of aromatic nitrogens is 4. The number of benzene rings is 3. The van der Waals surface area contributed by atoms with Gasteiger partial charge in [-0.3, -0.25) is 25.2 Å². The Labute approximate surface area is 423 Å². The molecule has 2 unspecified atom stereocenters. The van der Waals surface area contributed by atoms with Gasteiger partial charge in [-0.15, -0.1) is 22.7 Å². The molecule has 4 aromatic heterocycles. The van der Waals surface area contributed by atoms with E-state index < -0.39 is 40.9 Å². The molecule has 2 saturated heterocycles. The zero-order valence-corrected chi connectivity index (χ0v) is 42.3. The molecular formula is C54H54F3N9O4S2. The number of thiazole rings is 2. The highest BCUT2D eigenvalue weighted by Crippen LogP contribution is 2.45. The highest BCUT2D eigenvalue weighted by molar-refractivity contribution is 7.16. The normalized spacial score (nSPS) is 17.1. The number of halogens is 3. The first-order valence-electron chi connectivity index (χ1n) is 23.6. The van der Waals surface area contributed by atoms with Crippen molar-refractivity contribution >= 4 is 56.7 Å². The number of alkyl halides is 3. The summed E-state index contributed by atoms with van der Waals surface area (Å²) < 4.78 is 49.4. The number of rotatable bonds is 10. The van der Waals surface area contributed by atoms with Gasteiger partial charge < -0.3 is 19.9 Å². The van der Waals surface area contributed by atoms with E-state index in [9.17, 15) is 27.6 Å². The molecule has 0 aliphatic carbocycles. The average Bonchev–Trinajstić information content (AvgIpc) is 3.93. The van der Waals surface area contributed by atoms with Crippen LogP contribution in [0.3, 0.4) is 0 Å². The third kappa shape index (κ3) is 10.9. The van der Waals surface area contributed by atoms with E-state index in [0.29, 0.717) is 64.4 Å². The highest BCUT2D eigenvalue weighted by atomic mass is 32.1. The molecule has 0 radical (unpaired) electrons. The molecule has 372 valence electrons. The van der Waals surface area contributed by atoms with Crippen LogP contribution in [0.15, 0.2) is 116 Å². The molecule has 2 aliphatic heterocycles. The fourth-order valence-electron chi connectivity index (χ4n) is 9.49. The number of ether oxygens (including phenoxy) is 1. The minimum atomic E-state index is -4.61. The lowest BCUT2D eigenvalue weighted by molar-refractivity contribution is -0.137. The van der Waals surface area contributed by atoms with Gasteiger partial charge in [0.1, 0.15) is 11.4 Å². The Morgan fingerprint density at radius 3 is 2.00 bits per heavy atom. The molecule has 6 heterocycles. The first-order chi connectivity index (χ1) is 34.3. The quantitative estimate of drug-likeness (QED) is 0.121. The standard InChI is InChI=1S/C54H54F3N9O4S2/c1-32-15-17-36(18-16-32)46-34(3)72-49(62-46)63-47(67)37-21-24-58-41(27-37)42-31-66(51(69)70-52(4,5)6)43(30-59-42)53(39-13-10-14-40(28-39)54(55,56)57)22-25-65(26-23-53)44-20-19-38(29-60-44)48(68)64-50-61-45(33(2)71-50)35-11-8-7-9-12-35/h7-21,24,27-29,42-43,59H,22-23,25-26,30-31H2,1-6H3,(H,61,64,68)(H,62,63,67). The number of hydrogen-bond acceptors (Lipinski definition) is 12. The van der Waals surface area contributed by atoms with E-state index in [1.54, 1.807) is 56.0 Å². The van der Waals surface area contributed by atoms with Crippen LogP contribution in [0.1, 0.15) is 92.5 Å². The highest BCUT2D eigenvalue weighted by Gasteiger charge is 2.51. The molecule has 9 rings (SSSR count). The van der Waals surface area contributed by atoms with E-state index in [1.807, 2.05) is 80.3 Å². The average molecular weight is 1010 g/mol. The van der Waals surface area contributed by atoms with Gasteiger partial charge in [0, 0.05) is 70.4 Å². The number of piperazine rings is 1. The molecule has 2 atom stereocenters. The maximum Gasteiger partial charge on any atom is 0.416 e. The molecule has 0 bridgehead atoms. The first-order valence-corrected chi connectivity index (χ1v) is 25.2. The number of piperidine rings is 1. The van der Waals surface area contributed by atoms with Crippen LogP contribution in [0.2, 0.25) is 0 Å². The second-order valence-electron chi connectivity index (χ2n) is 19.2. The molecule has 13 nitrogen and oxygen atoms in total. The number of anilines is 3. The molecule has 3 amide bonds. The molecule has 7 aromatic rings. The summed E-state index contributed by atoms with van der Waals surface area (Å²) in [6.07, 6.45) is -1.50. The second-order valence-corrected chi connectivity index (χ2v) is 21.6. The summed E-state index contributed by atoms with van der Waals surface area (Å²) in [6, 6.07) is 28.6. The SMILES string of the molecule is Cc1ccc(-c2nc(NC(=O)c3ccnc(C4CN(C(=O)OC(C)(C)C)C(C5(c6cccc(C(F)(F)F)c6)CCN(c6ccc(C(=O)Nc7nc(-c8ccccc8)c(C)s7)cn6)CC5)CN4)c3)sc2C)cc1. The fourth-order valence-corrected chi connectivity index (χ4v) is 11.2. The van der Waals surface area contributed by atoms with E-state index in [4.69, 9.17) is 9.72 Å². The summed E-state index contributed by atoms with van der Waals surface area (Å²) in [6.45, 7) is 12.2. The van der Waals surface area contributed by atoms with Crippen molar-refractivity contribution in [2.75, 3.05) is 41.7 Å². The molecule has 3 N–H and O–H groups in total. The lowest BCUT2D eigenvalue weighted by atomic mass is 9.66. The number of carbonyl (C=O) groups excluding carboxylic acids is 3. The molecule has 3 aromatic carbocycles. The van der Waals surface area contributed by atoms with Crippen LogP contribution in [0.5, 0.6) is 0 Å². The van der Waals surface area contributed by atoms with Crippen molar-refractivity contribution in [1.29, 1.82) is 0 Å². The molecule has 0 spiro atoms. The van der Waals surface area contributed by atoms with E-state index in [0.717, 1.165) is 43.9 Å². The van der Waals surface area contributed by atoms with Gasteiger partial charge in [0.2, 0.25) is 0 Å². The number of pyridine rings is 2. The van der Waals surface area contributed by atoms with Gasteiger partial charge >= 0.3 is 12.3 Å². The van der Waals surface area contributed by atoms with Crippen LogP contribution in [-0.2, 0) is 16.3 Å². The van der Waals surface area contributed by atoms with Crippen LogP contribution in [0.4, 0.5) is 34.0 Å². The molecule has 0 saturated carbocycles. The number of nitrogens with zero attached hydrogens (tertiary/aromatic N) is 6. The fraction of sp³-hybridized carbons (Fsp3) is 0.315. The van der Waals surface area contributed by atoms with Gasteiger partial charge in [-0.25, -0.2) is 19.7 Å². The Kier molecular flexibility index (Phi) is 14.0. The number of aryl methyl sites for hydroxylation is 3. The first kappa shape index (κ1) is 49.9. The molecule has 72 heavy (non-hydrogen) atoms. The molecule has 2 aliphatic rings. The van der Waals surface area contributed by atoms with E-state index in [-0.39, 0.29) is 24.9 Å². The summed E-state index contributed by atoms with van der Waals surface area (Å²) in [5, 5.41) is 10.3. The van der Waals surface area contributed by atoms with Crippen LogP contribution in [0.25, 0.3) is 22.5 Å². The van der Waals surface area contributed by atoms with Crippen LogP contribution < -0.4 is 20.9 Å². The number of carbonyl (C=O) groups is 3. The summed E-state index contributed by atoms with van der Waals surface area (Å²) in [5.41, 5.74) is 3.56. The number of hydrogen-bond donors (Lipinski definition) is 3. The van der Waals surface area contributed by atoms with Crippen molar-refractivity contribution in [2.24, 2.45) is 0 Å². The molecule has 18 heteroatoms. The van der Waals surface area contributed by atoms with Crippen molar-refractivity contribution in [3.05, 3.63) is 159 Å². The smallest absolute Gasteiger partial charge is 0.416 e. The predicted molar refractivity (Wildman–Crippen MR) is 276 cm³/mol. The van der Waals surface area contributed by atoms with Crippen molar-refractivity contribution in [3.8, 4) is 22.5 Å². The third-order valence-electron chi connectivity index (χ3n) is 13.1. The zero-order valence-electron chi connectivity index (χ0n) is 40.6. The van der Waals surface area contributed by atoms with E-state index in [1.165, 1.54) is 47.2 Å². The van der Waals surface area contributed by atoms with Gasteiger partial charge in [0.15, 0.2) is 10.3 Å². The lowest BCUT2D eigenvalue weighted by Gasteiger charge is -2.53. The van der Waals surface area contributed by atoms with Crippen molar-refractivity contribution < 1.29 is 32.3 Å². The summed E-state index contributed by atoms with van der Waals surface area (Å²) >= 11 is 2.76. The summed E-state index contributed by atoms with van der Waals surface area (Å²) in [4.78, 5) is 65.9. The topological polar surface area (TPSA) is 155 Å². The Morgan fingerprint density at radius 2 is 1.39 bits per heavy atom. The number of amides is 3. The second kappa shape index (κ2) is 20.2. The largest absolute Gasteiger partial charge is 0.444 e. The summed E-state index contributed by atoms with van der Waals surface area (Å²) in [7, 11) is 0. The Bertz CT molecular complexity index is 3090. The zero-order chi connectivity index (χ0) is 51.0. The maximum absolute atomic E-state index is 14.5. The van der Waals surface area contributed by atoms with Crippen LogP contribution in [-0.4, -0.2) is 80.6 Å². The Hall–Kier alpha value is -7.02. The lowest BCUT2D eigenvalue weighted by Crippen LogP contribution is -2.65. The third-order valence-corrected chi connectivity index (χ3v) is 14.9. The minimum absolute atomic E-state index is 0.0485. The van der Waals surface area contributed by atoms with Gasteiger partial charge in [-0.05, 0) is 90.3 Å². The van der Waals surface area contributed by atoms with Gasteiger partial charge in [-0.1, -0.05) is 78.4 Å². The van der Waals surface area contributed by atoms with E-state index in [2.05, 4.69) is 30.9 Å². The van der Waals surface area contributed by atoms with Gasteiger partial charge in [0.05, 0.1) is 40.3 Å².